The molecule has 2 N–H and O–H groups in total. The average molecular weight is 333 g/mol. The Kier molecular flexibility index (Phi) is 6.60. The predicted molar refractivity (Wildman–Crippen MR) is 90.1 cm³/mol. The van der Waals surface area contributed by atoms with Crippen LogP contribution in [0.4, 0.5) is 0 Å². The molecule has 0 radical (unpaired) electrons. The van der Waals surface area contributed by atoms with Gasteiger partial charge in [-0.15, -0.1) is 11.3 Å². The van der Waals surface area contributed by atoms with E-state index < -0.39 is 6.04 Å². The molecule has 0 bridgehead atoms. The van der Waals surface area contributed by atoms with Gasteiger partial charge in [-0.25, -0.2) is 0 Å². The van der Waals surface area contributed by atoms with Gasteiger partial charge in [-0.1, -0.05) is 32.1 Å². The van der Waals surface area contributed by atoms with Crippen LogP contribution in [-0.4, -0.2) is 24.4 Å². The van der Waals surface area contributed by atoms with Crippen LogP contribution in [0.1, 0.15) is 53.8 Å². The molecule has 1 fully saturated rings. The fourth-order valence-corrected chi connectivity index (χ4v) is 3.89. The standard InChI is InChI=1S/C17H23N3O2S/c1-12-7-10-23-15(12)17(22)20-14(16(21)19-9-8-18)11-13-5-3-2-4-6-13/h7,10,13-14H,2-6,9,11H2,1H3,(H,19,21)(H,20,22)/t14-/m0/s1. The summed E-state index contributed by atoms with van der Waals surface area (Å²) in [6.07, 6.45) is 6.49. The third-order valence-electron chi connectivity index (χ3n) is 4.33. The van der Waals surface area contributed by atoms with Crippen LogP contribution < -0.4 is 10.6 Å². The van der Waals surface area contributed by atoms with Crippen molar-refractivity contribution in [3.05, 3.63) is 21.9 Å². The van der Waals surface area contributed by atoms with Crippen molar-refractivity contribution >= 4 is 23.2 Å². The lowest BCUT2D eigenvalue weighted by molar-refractivity contribution is -0.123. The largest absolute Gasteiger partial charge is 0.341 e. The number of nitrogens with zero attached hydrogens (tertiary/aromatic N) is 1. The van der Waals surface area contributed by atoms with E-state index in [1.165, 1.54) is 30.6 Å². The Balaban J connectivity index is 2.02. The second kappa shape index (κ2) is 8.68. The van der Waals surface area contributed by atoms with Crippen LogP contribution in [0.5, 0.6) is 0 Å². The summed E-state index contributed by atoms with van der Waals surface area (Å²) < 4.78 is 0. The van der Waals surface area contributed by atoms with Gasteiger partial charge in [0, 0.05) is 0 Å². The van der Waals surface area contributed by atoms with Crippen LogP contribution in [0.15, 0.2) is 11.4 Å². The predicted octanol–water partition coefficient (Wildman–Crippen LogP) is 2.77. The number of carbonyl (C=O) groups excluding carboxylic acids is 2. The smallest absolute Gasteiger partial charge is 0.262 e. The third-order valence-corrected chi connectivity index (χ3v) is 5.34. The Morgan fingerprint density at radius 2 is 2.13 bits per heavy atom. The number of hydrogen-bond acceptors (Lipinski definition) is 4. The van der Waals surface area contributed by atoms with E-state index in [4.69, 9.17) is 5.26 Å². The summed E-state index contributed by atoms with van der Waals surface area (Å²) >= 11 is 1.38. The topological polar surface area (TPSA) is 82.0 Å². The van der Waals surface area contributed by atoms with Gasteiger partial charge >= 0.3 is 0 Å². The van der Waals surface area contributed by atoms with E-state index in [1.807, 2.05) is 24.4 Å². The molecule has 2 amide bonds. The minimum atomic E-state index is -0.569. The zero-order valence-electron chi connectivity index (χ0n) is 13.4. The van der Waals surface area contributed by atoms with Crippen LogP contribution in [0.3, 0.4) is 0 Å². The average Bonchev–Trinajstić information content (AvgIpc) is 2.99. The van der Waals surface area contributed by atoms with Gasteiger partial charge < -0.3 is 10.6 Å². The van der Waals surface area contributed by atoms with Gasteiger partial charge in [-0.05, 0) is 36.3 Å². The lowest BCUT2D eigenvalue weighted by atomic mass is 9.84. The third kappa shape index (κ3) is 5.07. The molecular formula is C17H23N3O2S. The Bertz CT molecular complexity index is 585. The minimum Gasteiger partial charge on any atom is -0.341 e. The lowest BCUT2D eigenvalue weighted by Gasteiger charge is -2.26. The van der Waals surface area contributed by atoms with E-state index in [0.717, 1.165) is 18.4 Å². The summed E-state index contributed by atoms with van der Waals surface area (Å²) in [5, 5.41) is 15.9. The van der Waals surface area contributed by atoms with E-state index in [1.54, 1.807) is 0 Å². The first kappa shape index (κ1) is 17.5. The highest BCUT2D eigenvalue weighted by Gasteiger charge is 2.26. The summed E-state index contributed by atoms with van der Waals surface area (Å²) in [6.45, 7) is 1.85. The number of thiophene rings is 1. The first-order valence-corrected chi connectivity index (χ1v) is 8.99. The van der Waals surface area contributed by atoms with E-state index in [9.17, 15) is 9.59 Å². The highest BCUT2D eigenvalue weighted by atomic mass is 32.1. The van der Waals surface area contributed by atoms with Crippen molar-refractivity contribution in [2.24, 2.45) is 5.92 Å². The first-order chi connectivity index (χ1) is 11.1. The number of nitriles is 1. The normalized spacial score (nSPS) is 16.3. The number of hydrogen-bond donors (Lipinski definition) is 2. The summed E-state index contributed by atoms with van der Waals surface area (Å²) in [5.74, 6) is -0.00332. The number of aryl methyl sites for hydroxylation is 1. The maximum atomic E-state index is 12.4. The molecule has 1 aromatic rings. The molecule has 0 saturated heterocycles. The highest BCUT2D eigenvalue weighted by molar-refractivity contribution is 7.12. The maximum absolute atomic E-state index is 12.4. The molecule has 1 aromatic heterocycles. The van der Waals surface area contributed by atoms with Crippen LogP contribution >= 0.6 is 11.3 Å². The van der Waals surface area contributed by atoms with Gasteiger partial charge in [0.15, 0.2) is 0 Å². The van der Waals surface area contributed by atoms with E-state index in [0.29, 0.717) is 17.2 Å². The van der Waals surface area contributed by atoms with Crippen molar-refractivity contribution < 1.29 is 9.59 Å². The molecule has 1 heterocycles. The lowest BCUT2D eigenvalue weighted by Crippen LogP contribution is -2.47. The molecule has 23 heavy (non-hydrogen) atoms. The summed E-state index contributed by atoms with van der Waals surface area (Å²) in [4.78, 5) is 25.3. The highest BCUT2D eigenvalue weighted by Crippen LogP contribution is 2.27. The van der Waals surface area contributed by atoms with Crippen LogP contribution in [0.2, 0.25) is 0 Å². The SMILES string of the molecule is Cc1ccsc1C(=O)N[C@@H](CC1CCCCC1)C(=O)NCC#N. The molecule has 1 aliphatic carbocycles. The number of nitrogens with one attached hydrogen (secondary N) is 2. The molecule has 0 spiro atoms. The Morgan fingerprint density at radius 1 is 1.39 bits per heavy atom. The van der Waals surface area contributed by atoms with Gasteiger partial charge in [0.1, 0.15) is 12.6 Å². The molecule has 1 atom stereocenters. The molecule has 1 aliphatic rings. The molecule has 0 unspecified atom stereocenters. The van der Waals surface area contributed by atoms with Crippen LogP contribution in [0.25, 0.3) is 0 Å². The number of carbonyl (C=O) groups is 2. The Morgan fingerprint density at radius 3 is 2.74 bits per heavy atom. The van der Waals surface area contributed by atoms with Crippen molar-refractivity contribution in [2.45, 2.75) is 51.5 Å². The van der Waals surface area contributed by atoms with Crippen LogP contribution in [-0.2, 0) is 4.79 Å². The molecule has 0 aromatic carbocycles. The van der Waals surface area contributed by atoms with Gasteiger partial charge in [0.25, 0.3) is 5.91 Å². The van der Waals surface area contributed by atoms with Crippen molar-refractivity contribution in [1.82, 2.24) is 10.6 Å². The molecule has 6 heteroatoms. The molecule has 124 valence electrons. The quantitative estimate of drug-likeness (QED) is 0.785. The number of rotatable bonds is 6. The van der Waals surface area contributed by atoms with Gasteiger partial charge in [0.2, 0.25) is 5.91 Å². The van der Waals surface area contributed by atoms with E-state index >= 15 is 0 Å². The summed E-state index contributed by atoms with van der Waals surface area (Å²) in [6, 6.07) is 3.23. The maximum Gasteiger partial charge on any atom is 0.262 e. The van der Waals surface area contributed by atoms with Crippen molar-refractivity contribution in [2.75, 3.05) is 6.54 Å². The fourth-order valence-electron chi connectivity index (χ4n) is 3.07. The minimum absolute atomic E-state index is 0.0338. The monoisotopic (exact) mass is 333 g/mol. The van der Waals surface area contributed by atoms with Crippen LogP contribution in [0, 0.1) is 24.2 Å². The van der Waals surface area contributed by atoms with Crippen molar-refractivity contribution in [3.63, 3.8) is 0 Å². The zero-order chi connectivity index (χ0) is 16.7. The van der Waals surface area contributed by atoms with Crippen molar-refractivity contribution in [1.29, 1.82) is 5.26 Å². The Hall–Kier alpha value is -1.87. The van der Waals surface area contributed by atoms with E-state index in [-0.39, 0.29) is 18.4 Å². The van der Waals surface area contributed by atoms with Crippen molar-refractivity contribution in [3.8, 4) is 6.07 Å². The molecule has 2 rings (SSSR count). The second-order valence-electron chi connectivity index (χ2n) is 6.07. The van der Waals surface area contributed by atoms with E-state index in [2.05, 4.69) is 10.6 Å². The summed E-state index contributed by atoms with van der Waals surface area (Å²) in [5.41, 5.74) is 0.918. The summed E-state index contributed by atoms with van der Waals surface area (Å²) in [7, 11) is 0. The number of amides is 2. The molecular weight excluding hydrogens is 310 g/mol. The van der Waals surface area contributed by atoms with Gasteiger partial charge in [-0.2, -0.15) is 5.26 Å². The molecule has 5 nitrogen and oxygen atoms in total. The zero-order valence-corrected chi connectivity index (χ0v) is 14.2. The second-order valence-corrected chi connectivity index (χ2v) is 6.99. The fraction of sp³-hybridized carbons (Fsp3) is 0.588. The van der Waals surface area contributed by atoms with Gasteiger partial charge in [0.05, 0.1) is 10.9 Å². The Labute approximate surface area is 141 Å². The molecule has 0 aliphatic heterocycles. The molecule has 1 saturated carbocycles. The first-order valence-electron chi connectivity index (χ1n) is 8.11. The van der Waals surface area contributed by atoms with Gasteiger partial charge in [-0.3, -0.25) is 9.59 Å².